The van der Waals surface area contributed by atoms with Crippen LogP contribution in [0.1, 0.15) is 44.5 Å². The zero-order chi connectivity index (χ0) is 50.1. The van der Waals surface area contributed by atoms with Gasteiger partial charge < -0.3 is 9.80 Å². The lowest BCUT2D eigenvalue weighted by molar-refractivity contribution is 1.27. The van der Waals surface area contributed by atoms with Crippen molar-refractivity contribution >= 4 is 34.1 Å². The third-order valence-corrected chi connectivity index (χ3v) is 12.5. The highest BCUT2D eigenvalue weighted by atomic mass is 15.1. The number of nitrogens with zero attached hydrogens (tertiary/aromatic N) is 2. The van der Waals surface area contributed by atoms with Crippen LogP contribution in [-0.4, -0.2) is 0 Å². The second kappa shape index (κ2) is 20.5. The van der Waals surface area contributed by atoms with Gasteiger partial charge in [0, 0.05) is 56.1 Å². The van der Waals surface area contributed by atoms with Gasteiger partial charge >= 0.3 is 0 Å². The summed E-state index contributed by atoms with van der Waals surface area (Å²) in [6.45, 7) is 0. The maximum absolute atomic E-state index is 6.49. The minimum Gasteiger partial charge on any atom is -0.309 e. The Morgan fingerprint density at radius 2 is 0.625 bits per heavy atom. The van der Waals surface area contributed by atoms with Crippen molar-refractivity contribution in [3.63, 3.8) is 0 Å². The lowest BCUT2D eigenvalue weighted by Gasteiger charge is -2.28. The molecule has 2 nitrogen and oxygen atoms in total. The number of rotatable bonds is 10. The Kier molecular flexibility index (Phi) is 13.2. The van der Waals surface area contributed by atoms with E-state index in [1.165, 1.54) is 0 Å². The Morgan fingerprint density at radius 1 is 0.236 bits per heavy atom. The van der Waals surface area contributed by atoms with Gasteiger partial charge in [0.05, 0.1) is 22.5 Å². The summed E-state index contributed by atoms with van der Waals surface area (Å²) in [6, 6.07) is 64.0. The average Bonchev–Trinajstić information content (AvgIpc) is 3.45. The predicted molar refractivity (Wildman–Crippen MR) is 301 cm³/mol. The van der Waals surface area contributed by atoms with E-state index in [-0.39, 0.29) is 0 Å². The number of hydrogen-bond donors (Lipinski definition) is 0. The van der Waals surface area contributed by atoms with Crippen molar-refractivity contribution in [2.24, 2.45) is 0 Å². The van der Waals surface area contributed by atoms with Gasteiger partial charge in [-0.05, 0) is 129 Å². The van der Waals surface area contributed by atoms with Crippen molar-refractivity contribution in [1.29, 1.82) is 0 Å². The first kappa shape index (κ1) is 46.2. The molecule has 9 aromatic rings. The first-order chi connectivity index (χ1) is 35.4. The summed E-state index contributed by atoms with van der Waals surface area (Å²) in [5, 5.41) is 0. The average molecular weight is 909 g/mol. The van der Waals surface area contributed by atoms with Gasteiger partial charge in [-0.2, -0.15) is 0 Å². The molecule has 2 heteroatoms. The Balaban J connectivity index is 1.13. The number of terminal acetylenes is 8. The Labute approximate surface area is 423 Å². The van der Waals surface area contributed by atoms with E-state index in [0.717, 1.165) is 78.6 Å². The molecule has 0 aromatic heterocycles. The highest BCUT2D eigenvalue weighted by Gasteiger charge is 2.23. The van der Waals surface area contributed by atoms with E-state index in [0.29, 0.717) is 44.5 Å². The smallest absolute Gasteiger partial charge is 0.0646 e. The van der Waals surface area contributed by atoms with Crippen LogP contribution in [-0.2, 0) is 0 Å². The minimum atomic E-state index is 0.544. The monoisotopic (exact) mass is 908 g/mol. The summed E-state index contributed by atoms with van der Waals surface area (Å²) < 4.78 is 0. The molecule has 0 aliphatic rings. The van der Waals surface area contributed by atoms with Crippen molar-refractivity contribution < 1.29 is 0 Å². The number of benzene rings is 9. The Morgan fingerprint density at radius 3 is 1.08 bits per heavy atom. The number of para-hydroxylation sites is 2. The molecule has 0 radical (unpaired) electrons. The lowest BCUT2D eigenvalue weighted by Crippen LogP contribution is -2.12. The molecular formula is C70H40N2. The van der Waals surface area contributed by atoms with Gasteiger partial charge in [-0.15, -0.1) is 51.4 Å². The molecule has 0 spiro atoms. The summed E-state index contributed by atoms with van der Waals surface area (Å²) in [6.07, 6.45) is 49.0. The van der Waals surface area contributed by atoms with E-state index >= 15 is 0 Å². The van der Waals surface area contributed by atoms with Crippen LogP contribution in [0.5, 0.6) is 0 Å². The molecule has 9 rings (SSSR count). The van der Waals surface area contributed by atoms with E-state index in [2.05, 4.69) is 112 Å². The van der Waals surface area contributed by atoms with E-state index in [4.69, 9.17) is 51.4 Å². The SMILES string of the molecule is C#Cc1cccc(-c2ccc(-c3ccc(N(c4ccccc4)c4ccc(-c5ccc(N(c6ccccc6)c6cccc(C#C)c6C#C)cc5)cc4)c(C#C)c3C#C)cc2-c2cccc(C#C)c2C#C)c1C#C. The molecule has 0 unspecified atom stereocenters. The summed E-state index contributed by atoms with van der Waals surface area (Å²) in [7, 11) is 0. The molecule has 0 bridgehead atoms. The van der Waals surface area contributed by atoms with Crippen molar-refractivity contribution in [3.05, 3.63) is 239 Å². The van der Waals surface area contributed by atoms with Crippen LogP contribution >= 0.6 is 0 Å². The van der Waals surface area contributed by atoms with Gasteiger partial charge in [0.15, 0.2) is 0 Å². The van der Waals surface area contributed by atoms with Gasteiger partial charge in [0.1, 0.15) is 0 Å². The van der Waals surface area contributed by atoms with Gasteiger partial charge in [0.25, 0.3) is 0 Å². The molecule has 72 heavy (non-hydrogen) atoms. The van der Waals surface area contributed by atoms with Crippen LogP contribution < -0.4 is 9.80 Å². The summed E-state index contributed by atoms with van der Waals surface area (Å²) in [5.41, 5.74) is 16.7. The first-order valence-corrected chi connectivity index (χ1v) is 22.7. The second-order valence-electron chi connectivity index (χ2n) is 16.4. The Bertz CT molecular complexity index is 3930. The minimum absolute atomic E-state index is 0.544. The molecule has 0 atom stereocenters. The molecule has 0 aliphatic heterocycles. The maximum Gasteiger partial charge on any atom is 0.0646 e. The van der Waals surface area contributed by atoms with E-state index in [1.807, 2.05) is 140 Å². The van der Waals surface area contributed by atoms with Gasteiger partial charge in [-0.3, -0.25) is 0 Å². The highest BCUT2D eigenvalue weighted by Crippen LogP contribution is 2.44. The molecule has 9 aromatic carbocycles. The first-order valence-electron chi connectivity index (χ1n) is 22.7. The number of hydrogen-bond acceptors (Lipinski definition) is 2. The number of anilines is 6. The molecule has 0 aliphatic carbocycles. The third kappa shape index (κ3) is 8.50. The summed E-state index contributed by atoms with van der Waals surface area (Å²) >= 11 is 0. The zero-order valence-electron chi connectivity index (χ0n) is 39.0. The fourth-order valence-corrected chi connectivity index (χ4v) is 9.20. The second-order valence-corrected chi connectivity index (χ2v) is 16.4. The maximum atomic E-state index is 6.49. The van der Waals surface area contributed by atoms with Crippen LogP contribution in [0.15, 0.2) is 194 Å². The van der Waals surface area contributed by atoms with E-state index in [9.17, 15) is 0 Å². The van der Waals surface area contributed by atoms with Crippen LogP contribution in [0, 0.1) is 98.8 Å². The molecule has 0 N–H and O–H groups in total. The van der Waals surface area contributed by atoms with Crippen molar-refractivity contribution in [2.75, 3.05) is 9.80 Å². The van der Waals surface area contributed by atoms with Crippen LogP contribution in [0.25, 0.3) is 44.5 Å². The predicted octanol–water partition coefficient (Wildman–Crippen LogP) is 15.1. The van der Waals surface area contributed by atoms with E-state index in [1.54, 1.807) is 0 Å². The van der Waals surface area contributed by atoms with Crippen molar-refractivity contribution in [1.82, 2.24) is 0 Å². The zero-order valence-corrected chi connectivity index (χ0v) is 39.0. The summed E-state index contributed by atoms with van der Waals surface area (Å²) in [5.74, 6) is 22.7. The Hall–Kier alpha value is -10.9. The largest absolute Gasteiger partial charge is 0.309 e. The van der Waals surface area contributed by atoms with Crippen LogP contribution in [0.2, 0.25) is 0 Å². The van der Waals surface area contributed by atoms with Crippen LogP contribution in [0.4, 0.5) is 34.1 Å². The quantitative estimate of drug-likeness (QED) is 0.126. The third-order valence-electron chi connectivity index (χ3n) is 12.5. The molecule has 0 heterocycles. The molecule has 0 amide bonds. The molecule has 330 valence electrons. The molecular weight excluding hydrogens is 869 g/mol. The molecule has 0 saturated heterocycles. The highest BCUT2D eigenvalue weighted by molar-refractivity contribution is 5.95. The summed E-state index contributed by atoms with van der Waals surface area (Å²) in [4.78, 5) is 4.24. The fraction of sp³-hybridized carbons (Fsp3) is 0. The fourth-order valence-electron chi connectivity index (χ4n) is 9.20. The molecule has 0 saturated carbocycles. The topological polar surface area (TPSA) is 6.48 Å². The normalized spacial score (nSPS) is 10.1. The van der Waals surface area contributed by atoms with Gasteiger partial charge in [-0.25, -0.2) is 0 Å². The van der Waals surface area contributed by atoms with Crippen LogP contribution in [0.3, 0.4) is 0 Å². The van der Waals surface area contributed by atoms with Crippen molar-refractivity contribution in [3.8, 4) is 143 Å². The lowest BCUT2D eigenvalue weighted by atomic mass is 9.84. The van der Waals surface area contributed by atoms with Gasteiger partial charge in [0.2, 0.25) is 0 Å². The van der Waals surface area contributed by atoms with E-state index < -0.39 is 0 Å². The molecule has 0 fully saturated rings. The van der Waals surface area contributed by atoms with Crippen molar-refractivity contribution in [2.45, 2.75) is 0 Å². The standard InChI is InChI=1S/C70H40N2/c1-9-49-26-23-33-65(59(49)12-4)67-45-40-54(48-68(67)66-34-24-27-50(10-2)60(66)13-5)64-46-47-70(63(16-8)62(64)15-7)72(56-31-21-18-22-32-56)58-43-38-53(39-44-58)52-36-41-57(42-37-52)71(55-29-19-17-20-30-55)69-35-25-28-51(11-3)61(69)14-6/h1-8,17-48H. The van der Waals surface area contributed by atoms with Gasteiger partial charge in [-0.1, -0.05) is 157 Å².